The zero-order valence-electron chi connectivity index (χ0n) is 14.2. The lowest BCUT2D eigenvalue weighted by atomic mass is 9.87. The Morgan fingerprint density at radius 2 is 2.00 bits per heavy atom. The van der Waals surface area contributed by atoms with Gasteiger partial charge in [-0.15, -0.1) is 0 Å². The first-order valence-electron chi connectivity index (χ1n) is 9.05. The number of benzene rings is 1. The second-order valence-corrected chi connectivity index (χ2v) is 7.52. The average Bonchev–Trinajstić information content (AvgIpc) is 3.37. The number of halogens is 2. The normalized spacial score (nSPS) is 25.5. The van der Waals surface area contributed by atoms with Crippen LogP contribution in [-0.4, -0.2) is 48.8 Å². The van der Waals surface area contributed by atoms with Crippen molar-refractivity contribution in [3.05, 3.63) is 35.4 Å². The number of ether oxygens (including phenoxy) is 2. The maximum absolute atomic E-state index is 13.3. The molecular formula is C19H23F2NO3. The monoisotopic (exact) mass is 351 g/mol. The molecule has 6 heteroatoms. The fourth-order valence-electron chi connectivity index (χ4n) is 3.74. The van der Waals surface area contributed by atoms with Crippen molar-refractivity contribution >= 4 is 5.91 Å². The summed E-state index contributed by atoms with van der Waals surface area (Å²) in [6.07, 6.45) is 5.11. The van der Waals surface area contributed by atoms with Gasteiger partial charge in [-0.05, 0) is 49.8 Å². The highest BCUT2D eigenvalue weighted by molar-refractivity contribution is 5.94. The van der Waals surface area contributed by atoms with Crippen molar-refractivity contribution in [2.75, 3.05) is 26.3 Å². The molecule has 3 fully saturated rings. The maximum atomic E-state index is 13.3. The third-order valence-corrected chi connectivity index (χ3v) is 5.57. The number of hydrogen-bond donors (Lipinski definition) is 0. The Bertz CT molecular complexity index is 654. The summed E-state index contributed by atoms with van der Waals surface area (Å²) in [4.78, 5) is 14.2. The minimum absolute atomic E-state index is 0.161. The highest BCUT2D eigenvalue weighted by Crippen LogP contribution is 2.38. The molecule has 25 heavy (non-hydrogen) atoms. The van der Waals surface area contributed by atoms with Gasteiger partial charge in [0.1, 0.15) is 0 Å². The minimum Gasteiger partial charge on any atom is -0.375 e. The van der Waals surface area contributed by atoms with Gasteiger partial charge in [0.05, 0.1) is 18.3 Å². The summed E-state index contributed by atoms with van der Waals surface area (Å²) in [5.74, 6) is -1.44. The van der Waals surface area contributed by atoms with Crippen LogP contribution < -0.4 is 0 Å². The molecule has 1 amide bonds. The Morgan fingerprint density at radius 1 is 1.24 bits per heavy atom. The first-order valence-corrected chi connectivity index (χ1v) is 9.05. The molecule has 4 rings (SSSR count). The fraction of sp³-hybridized carbons (Fsp3) is 0.632. The van der Waals surface area contributed by atoms with Gasteiger partial charge in [0, 0.05) is 31.7 Å². The van der Waals surface area contributed by atoms with Gasteiger partial charge in [-0.2, -0.15) is 0 Å². The van der Waals surface area contributed by atoms with Crippen LogP contribution in [0.25, 0.3) is 0 Å². The number of rotatable bonds is 4. The average molecular weight is 351 g/mol. The quantitative estimate of drug-likeness (QED) is 0.836. The molecular weight excluding hydrogens is 328 g/mol. The van der Waals surface area contributed by atoms with E-state index in [4.69, 9.17) is 9.47 Å². The molecule has 0 bridgehead atoms. The van der Waals surface area contributed by atoms with Crippen LogP contribution in [0.2, 0.25) is 0 Å². The molecule has 1 aliphatic carbocycles. The number of amides is 1. The number of likely N-dealkylation sites (tertiary alicyclic amines) is 1. The summed E-state index contributed by atoms with van der Waals surface area (Å²) in [6, 6.07) is 3.30. The summed E-state index contributed by atoms with van der Waals surface area (Å²) in [5, 5.41) is 0. The van der Waals surface area contributed by atoms with Crippen LogP contribution in [0.1, 0.15) is 42.5 Å². The first-order chi connectivity index (χ1) is 12.0. The molecule has 1 atom stereocenters. The van der Waals surface area contributed by atoms with E-state index in [1.54, 1.807) is 4.90 Å². The van der Waals surface area contributed by atoms with Gasteiger partial charge in [0.25, 0.3) is 5.91 Å². The number of carbonyl (C=O) groups excluding carboxylic acids is 1. The van der Waals surface area contributed by atoms with E-state index in [1.807, 2.05) is 0 Å². The lowest BCUT2D eigenvalue weighted by molar-refractivity contribution is -0.0410. The molecule has 0 aromatic heterocycles. The largest absolute Gasteiger partial charge is 0.375 e. The molecule has 1 aromatic carbocycles. The van der Waals surface area contributed by atoms with Gasteiger partial charge in [0.15, 0.2) is 11.6 Å². The van der Waals surface area contributed by atoms with E-state index in [1.165, 1.54) is 18.9 Å². The third kappa shape index (κ3) is 3.70. The van der Waals surface area contributed by atoms with E-state index < -0.39 is 11.6 Å². The number of carbonyl (C=O) groups is 1. The van der Waals surface area contributed by atoms with E-state index in [-0.39, 0.29) is 23.2 Å². The van der Waals surface area contributed by atoms with Crippen LogP contribution in [-0.2, 0) is 9.47 Å². The summed E-state index contributed by atoms with van der Waals surface area (Å²) >= 11 is 0. The Hall–Kier alpha value is -1.53. The molecule has 0 radical (unpaired) electrons. The molecule has 136 valence electrons. The standard InChI is InChI=1S/C19H23F2NO3/c20-16-4-3-14(9-17(16)21)18(23)22-7-5-19(6-8-22)10-15(12-25-19)24-11-13-1-2-13/h3-4,9,13,15H,1-2,5-8,10-12H2/t15-/m0/s1. The summed E-state index contributed by atoms with van der Waals surface area (Å²) in [6.45, 7) is 2.59. The molecule has 4 nitrogen and oxygen atoms in total. The summed E-state index contributed by atoms with van der Waals surface area (Å²) in [5.41, 5.74) is -0.00758. The topological polar surface area (TPSA) is 38.8 Å². The van der Waals surface area contributed by atoms with E-state index in [2.05, 4.69) is 0 Å². The fourth-order valence-corrected chi connectivity index (χ4v) is 3.74. The van der Waals surface area contributed by atoms with Crippen molar-refractivity contribution in [1.29, 1.82) is 0 Å². The van der Waals surface area contributed by atoms with Crippen molar-refractivity contribution < 1.29 is 23.0 Å². The van der Waals surface area contributed by atoms with Gasteiger partial charge in [-0.25, -0.2) is 8.78 Å². The maximum Gasteiger partial charge on any atom is 0.253 e. The molecule has 2 heterocycles. The lowest BCUT2D eigenvalue weighted by Crippen LogP contribution is -2.46. The van der Waals surface area contributed by atoms with E-state index >= 15 is 0 Å². The predicted octanol–water partition coefficient (Wildman–Crippen LogP) is 3.16. The SMILES string of the molecule is O=C(c1ccc(F)c(F)c1)N1CCC2(CC1)C[C@H](OCC1CC1)CO2. The van der Waals surface area contributed by atoms with Crippen LogP contribution in [0.4, 0.5) is 8.78 Å². The molecule has 1 saturated carbocycles. The highest BCUT2D eigenvalue weighted by Gasteiger charge is 2.44. The number of piperidine rings is 1. The van der Waals surface area contributed by atoms with Crippen LogP contribution in [0.5, 0.6) is 0 Å². The highest BCUT2D eigenvalue weighted by atomic mass is 19.2. The van der Waals surface area contributed by atoms with Crippen LogP contribution in [0, 0.1) is 17.6 Å². The van der Waals surface area contributed by atoms with Gasteiger partial charge in [0.2, 0.25) is 0 Å². The molecule has 2 saturated heterocycles. The Balaban J connectivity index is 1.31. The molecule has 0 N–H and O–H groups in total. The smallest absolute Gasteiger partial charge is 0.253 e. The van der Waals surface area contributed by atoms with Crippen molar-refractivity contribution in [3.8, 4) is 0 Å². The summed E-state index contributed by atoms with van der Waals surface area (Å²) < 4.78 is 38.4. The Kier molecular flexibility index (Phi) is 4.50. The van der Waals surface area contributed by atoms with Gasteiger partial charge >= 0.3 is 0 Å². The first kappa shape index (κ1) is 16.9. The predicted molar refractivity (Wildman–Crippen MR) is 87.3 cm³/mol. The second kappa shape index (κ2) is 6.65. The van der Waals surface area contributed by atoms with Crippen molar-refractivity contribution in [3.63, 3.8) is 0 Å². The van der Waals surface area contributed by atoms with Gasteiger partial charge in [-0.3, -0.25) is 4.79 Å². The van der Waals surface area contributed by atoms with Crippen LogP contribution in [0.3, 0.4) is 0 Å². The van der Waals surface area contributed by atoms with E-state index in [9.17, 15) is 13.6 Å². The Labute approximate surface area is 146 Å². The Morgan fingerprint density at radius 3 is 2.68 bits per heavy atom. The molecule has 0 unspecified atom stereocenters. The molecule has 1 aromatic rings. The zero-order chi connectivity index (χ0) is 17.4. The molecule has 3 aliphatic rings. The summed E-state index contributed by atoms with van der Waals surface area (Å²) in [7, 11) is 0. The number of nitrogens with zero attached hydrogens (tertiary/aromatic N) is 1. The number of hydrogen-bond acceptors (Lipinski definition) is 3. The van der Waals surface area contributed by atoms with Crippen molar-refractivity contribution in [2.45, 2.75) is 43.8 Å². The molecule has 1 spiro atoms. The second-order valence-electron chi connectivity index (χ2n) is 7.52. The molecule has 2 aliphatic heterocycles. The third-order valence-electron chi connectivity index (χ3n) is 5.57. The van der Waals surface area contributed by atoms with Crippen LogP contribution >= 0.6 is 0 Å². The van der Waals surface area contributed by atoms with Gasteiger partial charge < -0.3 is 14.4 Å². The lowest BCUT2D eigenvalue weighted by Gasteiger charge is -2.38. The zero-order valence-corrected chi connectivity index (χ0v) is 14.2. The van der Waals surface area contributed by atoms with Gasteiger partial charge in [-0.1, -0.05) is 0 Å². The van der Waals surface area contributed by atoms with Crippen LogP contribution in [0.15, 0.2) is 18.2 Å². The van der Waals surface area contributed by atoms with Crippen molar-refractivity contribution in [2.24, 2.45) is 5.92 Å². The van der Waals surface area contributed by atoms with Crippen molar-refractivity contribution in [1.82, 2.24) is 4.90 Å². The van der Waals surface area contributed by atoms with E-state index in [0.717, 1.165) is 43.9 Å². The van der Waals surface area contributed by atoms with E-state index in [0.29, 0.717) is 19.7 Å². The minimum atomic E-state index is -0.992.